The number of amides is 1. The van der Waals surface area contributed by atoms with Crippen LogP contribution in [-0.4, -0.2) is 28.9 Å². The zero-order chi connectivity index (χ0) is 16.2. The number of carbonyl (C=O) groups is 1. The maximum Gasteiger partial charge on any atom is 0.257 e. The van der Waals surface area contributed by atoms with Crippen molar-refractivity contribution in [3.05, 3.63) is 40.9 Å². The minimum absolute atomic E-state index is 0. The maximum atomic E-state index is 12.2. The third-order valence-corrected chi connectivity index (χ3v) is 4.88. The zero-order valence-electron chi connectivity index (χ0n) is 13.7. The molecule has 2 heterocycles. The van der Waals surface area contributed by atoms with Crippen LogP contribution in [-0.2, 0) is 6.54 Å². The van der Waals surface area contributed by atoms with E-state index in [4.69, 9.17) is 5.73 Å². The smallest absolute Gasteiger partial charge is 0.257 e. The van der Waals surface area contributed by atoms with E-state index >= 15 is 0 Å². The molecule has 3 rings (SSSR count). The summed E-state index contributed by atoms with van der Waals surface area (Å²) in [6.07, 6.45) is 2.57. The molecule has 1 amide bonds. The molecule has 2 aromatic rings. The average molecular weight is 367 g/mol. The number of likely N-dealkylation sites (tertiary alicyclic amines) is 1. The lowest BCUT2D eigenvalue weighted by Crippen LogP contribution is -2.33. The van der Waals surface area contributed by atoms with Crippen LogP contribution in [0.3, 0.4) is 0 Å². The Bertz CT molecular complexity index is 673. The summed E-state index contributed by atoms with van der Waals surface area (Å²) in [6, 6.07) is 6.88. The molecule has 1 saturated heterocycles. The van der Waals surface area contributed by atoms with Crippen molar-refractivity contribution in [1.29, 1.82) is 0 Å². The van der Waals surface area contributed by atoms with Gasteiger partial charge in [-0.1, -0.05) is 6.92 Å². The van der Waals surface area contributed by atoms with E-state index in [1.54, 1.807) is 24.3 Å². The highest BCUT2D eigenvalue weighted by Gasteiger charge is 2.17. The third-order valence-electron chi connectivity index (χ3n) is 4.07. The highest BCUT2D eigenvalue weighted by atomic mass is 35.5. The summed E-state index contributed by atoms with van der Waals surface area (Å²) in [4.78, 5) is 19.1. The normalized spacial score (nSPS) is 18.0. The Morgan fingerprint density at radius 2 is 2.17 bits per heavy atom. The van der Waals surface area contributed by atoms with Gasteiger partial charge in [-0.05, 0) is 49.6 Å². The first-order valence-electron chi connectivity index (χ1n) is 7.94. The summed E-state index contributed by atoms with van der Waals surface area (Å²) in [6.45, 7) is 5.42. The Kier molecular flexibility index (Phi) is 6.60. The van der Waals surface area contributed by atoms with Crippen LogP contribution in [0, 0.1) is 5.92 Å². The molecule has 1 aromatic carbocycles. The lowest BCUT2D eigenvalue weighted by atomic mass is 10.0. The van der Waals surface area contributed by atoms with Crippen LogP contribution in [0.4, 0.5) is 10.8 Å². The number of nitrogens with zero attached hydrogens (tertiary/aromatic N) is 2. The summed E-state index contributed by atoms with van der Waals surface area (Å²) >= 11 is 1.47. The molecule has 1 fully saturated rings. The van der Waals surface area contributed by atoms with Crippen molar-refractivity contribution >= 4 is 40.5 Å². The van der Waals surface area contributed by atoms with Crippen molar-refractivity contribution in [2.45, 2.75) is 26.3 Å². The Labute approximate surface area is 152 Å². The predicted molar refractivity (Wildman–Crippen MR) is 102 cm³/mol. The molecular formula is C17H23ClN4OS. The zero-order valence-corrected chi connectivity index (χ0v) is 15.3. The number of hydrogen-bond acceptors (Lipinski definition) is 5. The van der Waals surface area contributed by atoms with Gasteiger partial charge in [-0.15, -0.1) is 23.7 Å². The molecule has 1 aliphatic heterocycles. The van der Waals surface area contributed by atoms with Gasteiger partial charge in [0, 0.05) is 29.7 Å². The number of rotatable bonds is 4. The van der Waals surface area contributed by atoms with Gasteiger partial charge >= 0.3 is 0 Å². The molecule has 1 aromatic heterocycles. The molecule has 1 unspecified atom stereocenters. The van der Waals surface area contributed by atoms with Crippen molar-refractivity contribution in [1.82, 2.24) is 9.88 Å². The lowest BCUT2D eigenvalue weighted by Gasteiger charge is -2.30. The number of carbonyl (C=O) groups excluding carboxylic acids is 1. The van der Waals surface area contributed by atoms with E-state index < -0.39 is 0 Å². The van der Waals surface area contributed by atoms with Crippen molar-refractivity contribution < 1.29 is 4.79 Å². The fourth-order valence-electron chi connectivity index (χ4n) is 2.90. The summed E-state index contributed by atoms with van der Waals surface area (Å²) in [7, 11) is 0. The average Bonchev–Trinajstić information content (AvgIpc) is 2.95. The number of benzene rings is 1. The number of thiazole rings is 1. The van der Waals surface area contributed by atoms with Gasteiger partial charge < -0.3 is 5.73 Å². The highest BCUT2D eigenvalue weighted by molar-refractivity contribution is 7.13. The van der Waals surface area contributed by atoms with Crippen LogP contribution in [0.1, 0.15) is 35.8 Å². The van der Waals surface area contributed by atoms with Gasteiger partial charge in [-0.25, -0.2) is 4.98 Å². The summed E-state index contributed by atoms with van der Waals surface area (Å²) in [5.41, 5.74) is 7.89. The number of piperidine rings is 1. The molecule has 1 aliphatic rings. The Morgan fingerprint density at radius 3 is 2.88 bits per heavy atom. The number of halogens is 1. The first-order chi connectivity index (χ1) is 11.1. The van der Waals surface area contributed by atoms with Gasteiger partial charge in [0.15, 0.2) is 5.13 Å². The van der Waals surface area contributed by atoms with Crippen LogP contribution >= 0.6 is 23.7 Å². The molecule has 0 aliphatic carbocycles. The van der Waals surface area contributed by atoms with E-state index in [1.165, 1.54) is 24.2 Å². The maximum absolute atomic E-state index is 12.2. The Hall–Kier alpha value is -1.63. The third kappa shape index (κ3) is 4.93. The largest absolute Gasteiger partial charge is 0.399 e. The number of nitrogens with one attached hydrogen (secondary N) is 1. The van der Waals surface area contributed by atoms with E-state index in [2.05, 4.69) is 22.1 Å². The molecule has 7 heteroatoms. The van der Waals surface area contributed by atoms with Gasteiger partial charge in [-0.3, -0.25) is 15.0 Å². The van der Waals surface area contributed by atoms with E-state index in [1.807, 2.05) is 5.38 Å². The number of aromatic nitrogens is 1. The van der Waals surface area contributed by atoms with Gasteiger partial charge in [0.2, 0.25) is 0 Å². The van der Waals surface area contributed by atoms with Crippen molar-refractivity contribution in [2.24, 2.45) is 5.92 Å². The number of hydrogen-bond donors (Lipinski definition) is 2. The second-order valence-corrected chi connectivity index (χ2v) is 7.06. The Morgan fingerprint density at radius 1 is 1.42 bits per heavy atom. The minimum Gasteiger partial charge on any atom is -0.399 e. The predicted octanol–water partition coefficient (Wildman–Crippen LogP) is 3.63. The summed E-state index contributed by atoms with van der Waals surface area (Å²) in [5, 5.41) is 5.52. The molecule has 3 N–H and O–H groups in total. The quantitative estimate of drug-likeness (QED) is 0.810. The summed E-state index contributed by atoms with van der Waals surface area (Å²) in [5.74, 6) is 0.601. The number of anilines is 2. The molecule has 130 valence electrons. The fraction of sp³-hybridized carbons (Fsp3) is 0.412. The molecule has 0 spiro atoms. The second-order valence-electron chi connectivity index (χ2n) is 6.20. The standard InChI is InChI=1S/C17H22N4OS.ClH/c1-12-3-2-8-21(9-12)10-15-11-23-17(19-15)20-16(22)13-4-6-14(18)7-5-13;/h4-7,11-12H,2-3,8-10,18H2,1H3,(H,19,20,22);1H. The molecule has 0 radical (unpaired) electrons. The SMILES string of the molecule is CC1CCCN(Cc2csc(NC(=O)c3ccc(N)cc3)n2)C1.Cl. The van der Waals surface area contributed by atoms with Crippen LogP contribution in [0.25, 0.3) is 0 Å². The van der Waals surface area contributed by atoms with E-state index in [9.17, 15) is 4.79 Å². The molecular weight excluding hydrogens is 344 g/mol. The van der Waals surface area contributed by atoms with E-state index in [-0.39, 0.29) is 18.3 Å². The molecule has 24 heavy (non-hydrogen) atoms. The first kappa shape index (κ1) is 18.7. The number of nitrogen functional groups attached to an aromatic ring is 1. The van der Waals surface area contributed by atoms with Crippen LogP contribution in [0.15, 0.2) is 29.6 Å². The van der Waals surface area contributed by atoms with Crippen LogP contribution < -0.4 is 11.1 Å². The molecule has 1 atom stereocenters. The first-order valence-corrected chi connectivity index (χ1v) is 8.82. The van der Waals surface area contributed by atoms with Crippen molar-refractivity contribution in [3.8, 4) is 0 Å². The monoisotopic (exact) mass is 366 g/mol. The topological polar surface area (TPSA) is 71.2 Å². The second kappa shape index (κ2) is 8.46. The summed E-state index contributed by atoms with van der Waals surface area (Å²) < 4.78 is 0. The van der Waals surface area contributed by atoms with Crippen molar-refractivity contribution in [3.63, 3.8) is 0 Å². The van der Waals surface area contributed by atoms with Crippen LogP contribution in [0.2, 0.25) is 0 Å². The fourth-order valence-corrected chi connectivity index (χ4v) is 3.60. The van der Waals surface area contributed by atoms with E-state index in [0.717, 1.165) is 31.2 Å². The van der Waals surface area contributed by atoms with Gasteiger partial charge in [0.05, 0.1) is 5.69 Å². The Balaban J connectivity index is 0.00000208. The minimum atomic E-state index is -0.155. The van der Waals surface area contributed by atoms with Crippen molar-refractivity contribution in [2.75, 3.05) is 24.1 Å². The molecule has 0 bridgehead atoms. The van der Waals surface area contributed by atoms with Gasteiger partial charge in [-0.2, -0.15) is 0 Å². The number of nitrogens with two attached hydrogens (primary N) is 1. The lowest BCUT2D eigenvalue weighted by molar-refractivity contribution is 0.102. The molecule has 5 nitrogen and oxygen atoms in total. The van der Waals surface area contributed by atoms with E-state index in [0.29, 0.717) is 16.4 Å². The highest BCUT2D eigenvalue weighted by Crippen LogP contribution is 2.21. The van der Waals surface area contributed by atoms with Gasteiger partial charge in [0.25, 0.3) is 5.91 Å². The molecule has 0 saturated carbocycles. The van der Waals surface area contributed by atoms with Crippen LogP contribution in [0.5, 0.6) is 0 Å². The van der Waals surface area contributed by atoms with Gasteiger partial charge in [0.1, 0.15) is 0 Å².